The summed E-state index contributed by atoms with van der Waals surface area (Å²) in [5.74, 6) is 0.478. The van der Waals surface area contributed by atoms with Crippen LogP contribution in [-0.2, 0) is 7.05 Å². The van der Waals surface area contributed by atoms with E-state index < -0.39 is 0 Å². The number of aryl methyl sites for hydroxylation is 1. The van der Waals surface area contributed by atoms with Crippen LogP contribution < -0.4 is 5.32 Å². The lowest BCUT2D eigenvalue weighted by atomic mass is 10.3. The van der Waals surface area contributed by atoms with Crippen molar-refractivity contribution in [3.8, 4) is 17.3 Å². The minimum Gasteiger partial charge on any atom is -0.508 e. The van der Waals surface area contributed by atoms with Gasteiger partial charge in [0.05, 0.1) is 6.20 Å². The average Bonchev–Trinajstić information content (AvgIpc) is 3.01. The lowest BCUT2D eigenvalue weighted by Gasteiger charge is -1.99. The van der Waals surface area contributed by atoms with Gasteiger partial charge in [0.2, 0.25) is 0 Å². The summed E-state index contributed by atoms with van der Waals surface area (Å²) in [7, 11) is 1.75. The summed E-state index contributed by atoms with van der Waals surface area (Å²) in [5, 5.41) is 27.5. The first-order valence-electron chi connectivity index (χ1n) is 5.47. The molecule has 0 unspecified atom stereocenters. The molecule has 3 rings (SSSR count). The molecular weight excluding hydrogens is 248 g/mol. The third kappa shape index (κ3) is 2.37. The molecule has 0 aliphatic carbocycles. The van der Waals surface area contributed by atoms with Crippen molar-refractivity contribution in [3.63, 3.8) is 0 Å². The predicted molar refractivity (Wildman–Crippen MR) is 65.7 cm³/mol. The molecule has 0 bridgehead atoms. The number of anilines is 2. The number of benzene rings is 1. The zero-order chi connectivity index (χ0) is 13.2. The smallest absolute Gasteiger partial charge is 0.320 e. The topological polar surface area (TPSA) is 102 Å². The third-order valence-electron chi connectivity index (χ3n) is 2.37. The Kier molecular flexibility index (Phi) is 2.60. The molecule has 8 nitrogen and oxygen atoms in total. The van der Waals surface area contributed by atoms with E-state index in [1.807, 2.05) is 0 Å². The molecule has 0 spiro atoms. The highest BCUT2D eigenvalue weighted by Crippen LogP contribution is 2.21. The van der Waals surface area contributed by atoms with E-state index in [1.54, 1.807) is 42.2 Å². The van der Waals surface area contributed by atoms with Crippen molar-refractivity contribution in [2.24, 2.45) is 7.05 Å². The van der Waals surface area contributed by atoms with Gasteiger partial charge in [0.25, 0.3) is 5.89 Å². The molecule has 0 saturated heterocycles. The van der Waals surface area contributed by atoms with Crippen LogP contribution in [0.4, 0.5) is 11.7 Å². The van der Waals surface area contributed by atoms with Crippen molar-refractivity contribution in [2.75, 3.05) is 5.32 Å². The number of nitrogens with one attached hydrogen (secondary N) is 1. The molecule has 0 fully saturated rings. The zero-order valence-corrected chi connectivity index (χ0v) is 9.98. The molecule has 19 heavy (non-hydrogen) atoms. The van der Waals surface area contributed by atoms with E-state index in [0.29, 0.717) is 5.69 Å². The van der Waals surface area contributed by atoms with Crippen LogP contribution in [0, 0.1) is 0 Å². The molecule has 0 amide bonds. The highest BCUT2D eigenvalue weighted by molar-refractivity contribution is 5.54. The van der Waals surface area contributed by atoms with E-state index in [1.165, 1.54) is 0 Å². The van der Waals surface area contributed by atoms with Crippen molar-refractivity contribution in [3.05, 3.63) is 30.5 Å². The van der Waals surface area contributed by atoms with Crippen LogP contribution >= 0.6 is 0 Å². The van der Waals surface area contributed by atoms with E-state index in [2.05, 4.69) is 25.8 Å². The fraction of sp³-hybridized carbons (Fsp3) is 0.0909. The predicted octanol–water partition coefficient (Wildman–Crippen LogP) is 1.31. The second kappa shape index (κ2) is 4.41. The maximum absolute atomic E-state index is 9.18. The molecule has 1 aromatic carbocycles. The van der Waals surface area contributed by atoms with Gasteiger partial charge in [-0.3, -0.25) is 4.68 Å². The van der Waals surface area contributed by atoms with Gasteiger partial charge in [-0.15, -0.1) is 10.2 Å². The minimum absolute atomic E-state index is 0.191. The molecule has 0 aliphatic rings. The summed E-state index contributed by atoms with van der Waals surface area (Å²) in [6, 6.07) is 6.75. The molecule has 2 heterocycles. The van der Waals surface area contributed by atoms with Crippen LogP contribution in [0.15, 0.2) is 34.9 Å². The van der Waals surface area contributed by atoms with Crippen molar-refractivity contribution in [1.82, 2.24) is 25.2 Å². The van der Waals surface area contributed by atoms with Crippen LogP contribution in [0.25, 0.3) is 11.6 Å². The van der Waals surface area contributed by atoms with Gasteiger partial charge >= 0.3 is 6.01 Å². The molecule has 2 aromatic heterocycles. The number of hydrogen-bond acceptors (Lipinski definition) is 7. The van der Waals surface area contributed by atoms with Gasteiger partial charge in [-0.1, -0.05) is 10.3 Å². The Morgan fingerprint density at radius 3 is 2.63 bits per heavy atom. The summed E-state index contributed by atoms with van der Waals surface area (Å²) in [4.78, 5) is 0. The van der Waals surface area contributed by atoms with E-state index in [9.17, 15) is 5.11 Å². The van der Waals surface area contributed by atoms with Crippen molar-refractivity contribution in [1.29, 1.82) is 0 Å². The van der Waals surface area contributed by atoms with Gasteiger partial charge in [0, 0.05) is 12.7 Å². The van der Waals surface area contributed by atoms with Crippen molar-refractivity contribution in [2.45, 2.75) is 0 Å². The molecule has 3 aromatic rings. The normalized spacial score (nSPS) is 10.6. The van der Waals surface area contributed by atoms with E-state index in [4.69, 9.17) is 4.42 Å². The standard InChI is InChI=1S/C11H10N6O2/c1-17-6-9(13-16-17)10-14-15-11(19-10)12-7-2-4-8(18)5-3-7/h2-6,18H,1H3,(H,12,15). The molecule has 0 aliphatic heterocycles. The Morgan fingerprint density at radius 2 is 1.95 bits per heavy atom. The molecule has 2 N–H and O–H groups in total. The number of phenols is 1. The summed E-state index contributed by atoms with van der Waals surface area (Å²) >= 11 is 0. The number of phenolic OH excluding ortho intramolecular Hbond substituents is 1. The number of aromatic hydroxyl groups is 1. The minimum atomic E-state index is 0.191. The third-order valence-corrected chi connectivity index (χ3v) is 2.37. The molecule has 96 valence electrons. The fourth-order valence-electron chi connectivity index (χ4n) is 1.49. The van der Waals surface area contributed by atoms with Gasteiger partial charge in [0.15, 0.2) is 5.69 Å². The lowest BCUT2D eigenvalue weighted by Crippen LogP contribution is -1.89. The van der Waals surface area contributed by atoms with Gasteiger partial charge in [-0.25, -0.2) is 0 Å². The first-order chi connectivity index (χ1) is 9.20. The van der Waals surface area contributed by atoms with Gasteiger partial charge in [-0.2, -0.15) is 0 Å². The largest absolute Gasteiger partial charge is 0.508 e. The Morgan fingerprint density at radius 1 is 1.16 bits per heavy atom. The van der Waals surface area contributed by atoms with Crippen LogP contribution in [-0.4, -0.2) is 30.3 Å². The molecule has 8 heteroatoms. The van der Waals surface area contributed by atoms with Crippen molar-refractivity contribution >= 4 is 11.7 Å². The lowest BCUT2D eigenvalue weighted by molar-refractivity contribution is 0.475. The molecule has 0 radical (unpaired) electrons. The zero-order valence-electron chi connectivity index (χ0n) is 9.98. The number of nitrogens with zero attached hydrogens (tertiary/aromatic N) is 5. The summed E-state index contributed by atoms with van der Waals surface area (Å²) in [6.07, 6.45) is 1.68. The second-order valence-electron chi connectivity index (χ2n) is 3.86. The molecular formula is C11H10N6O2. The van der Waals surface area contributed by atoms with Crippen LogP contribution in [0.2, 0.25) is 0 Å². The summed E-state index contributed by atoms with van der Waals surface area (Å²) < 4.78 is 6.95. The van der Waals surface area contributed by atoms with E-state index >= 15 is 0 Å². The number of rotatable bonds is 3. The average molecular weight is 258 g/mol. The maximum atomic E-state index is 9.18. The molecule has 0 atom stereocenters. The SMILES string of the molecule is Cn1cc(-c2nnc(Nc3ccc(O)cc3)o2)nn1. The van der Waals surface area contributed by atoms with Gasteiger partial charge < -0.3 is 14.8 Å². The maximum Gasteiger partial charge on any atom is 0.320 e. The fourth-order valence-corrected chi connectivity index (χ4v) is 1.49. The number of aromatic nitrogens is 5. The first kappa shape index (κ1) is 11.2. The highest BCUT2D eigenvalue weighted by Gasteiger charge is 2.11. The number of hydrogen-bond donors (Lipinski definition) is 2. The summed E-state index contributed by atoms with van der Waals surface area (Å²) in [5.41, 5.74) is 1.24. The first-order valence-corrected chi connectivity index (χ1v) is 5.47. The Labute approximate surface area is 107 Å². The van der Waals surface area contributed by atoms with Crippen LogP contribution in [0.3, 0.4) is 0 Å². The highest BCUT2D eigenvalue weighted by atomic mass is 16.4. The Balaban J connectivity index is 1.80. The quantitative estimate of drug-likeness (QED) is 0.683. The Hall–Kier alpha value is -2.90. The summed E-state index contributed by atoms with van der Waals surface area (Å²) in [6.45, 7) is 0. The van der Waals surface area contributed by atoms with Gasteiger partial charge in [-0.05, 0) is 24.3 Å². The van der Waals surface area contributed by atoms with Crippen molar-refractivity contribution < 1.29 is 9.52 Å². The monoisotopic (exact) mass is 258 g/mol. The van der Waals surface area contributed by atoms with E-state index in [0.717, 1.165) is 5.69 Å². The van der Waals surface area contributed by atoms with Gasteiger partial charge in [0.1, 0.15) is 5.75 Å². The molecule has 0 saturated carbocycles. The van der Waals surface area contributed by atoms with E-state index in [-0.39, 0.29) is 17.7 Å². The second-order valence-corrected chi connectivity index (χ2v) is 3.86. The van der Waals surface area contributed by atoms with Crippen LogP contribution in [0.5, 0.6) is 5.75 Å². The van der Waals surface area contributed by atoms with Crippen LogP contribution in [0.1, 0.15) is 0 Å². The Bertz CT molecular complexity index is 687.